The fourth-order valence-corrected chi connectivity index (χ4v) is 2.27. The summed E-state index contributed by atoms with van der Waals surface area (Å²) in [5.74, 6) is 1.41. The Bertz CT molecular complexity index is 441. The number of carbonyl (C=O) groups is 1. The summed E-state index contributed by atoms with van der Waals surface area (Å²) in [5.41, 5.74) is 0. The molecule has 0 radical (unpaired) electrons. The van der Waals surface area contributed by atoms with Gasteiger partial charge in [-0.05, 0) is 24.3 Å². The zero-order valence-electron chi connectivity index (χ0n) is 12.3. The molecule has 0 unspecified atom stereocenters. The van der Waals surface area contributed by atoms with Gasteiger partial charge in [-0.3, -0.25) is 9.69 Å². The monoisotopic (exact) mass is 294 g/mol. The minimum Gasteiger partial charge on any atom is -0.497 e. The Hall–Kier alpha value is -1.79. The number of carbonyl (C=O) groups excluding carboxylic acids is 1. The van der Waals surface area contributed by atoms with Crippen LogP contribution in [0.1, 0.15) is 0 Å². The van der Waals surface area contributed by atoms with Gasteiger partial charge in [-0.25, -0.2) is 0 Å². The molecule has 0 bridgehead atoms. The summed E-state index contributed by atoms with van der Waals surface area (Å²) in [7, 11) is 1.61. The van der Waals surface area contributed by atoms with Crippen LogP contribution >= 0.6 is 0 Å². The number of aliphatic hydroxyl groups excluding tert-OH is 1. The number of nitrogens with zero attached hydrogens (tertiary/aromatic N) is 2. The van der Waals surface area contributed by atoms with Gasteiger partial charge in [-0.15, -0.1) is 0 Å². The van der Waals surface area contributed by atoms with Crippen LogP contribution in [0.3, 0.4) is 0 Å². The van der Waals surface area contributed by atoms with Gasteiger partial charge in [-0.2, -0.15) is 0 Å². The average molecular weight is 294 g/mol. The van der Waals surface area contributed by atoms with Gasteiger partial charge in [0.1, 0.15) is 11.5 Å². The number of amides is 1. The van der Waals surface area contributed by atoms with Crippen molar-refractivity contribution in [3.05, 3.63) is 24.3 Å². The second kappa shape index (κ2) is 7.85. The number of hydrogen-bond acceptors (Lipinski definition) is 5. The summed E-state index contributed by atoms with van der Waals surface area (Å²) in [4.78, 5) is 16.0. The first-order valence-electron chi connectivity index (χ1n) is 7.11. The molecule has 1 fully saturated rings. The molecule has 0 atom stereocenters. The van der Waals surface area contributed by atoms with Crippen molar-refractivity contribution < 1.29 is 19.4 Å². The average Bonchev–Trinajstić information content (AvgIpc) is 2.54. The number of methoxy groups -OCH3 is 1. The van der Waals surface area contributed by atoms with Crippen molar-refractivity contribution in [2.45, 2.75) is 0 Å². The van der Waals surface area contributed by atoms with Crippen LogP contribution in [0.2, 0.25) is 0 Å². The molecule has 1 heterocycles. The lowest BCUT2D eigenvalue weighted by Crippen LogP contribution is -2.50. The molecule has 6 nitrogen and oxygen atoms in total. The quantitative estimate of drug-likeness (QED) is 0.813. The van der Waals surface area contributed by atoms with E-state index in [9.17, 15) is 4.79 Å². The minimum atomic E-state index is -0.00512. The van der Waals surface area contributed by atoms with Gasteiger partial charge in [0.15, 0.2) is 6.61 Å². The zero-order chi connectivity index (χ0) is 15.1. The molecule has 1 N–H and O–H groups in total. The first-order valence-corrected chi connectivity index (χ1v) is 7.11. The smallest absolute Gasteiger partial charge is 0.260 e. The molecule has 1 amide bonds. The van der Waals surface area contributed by atoms with Crippen LogP contribution in [-0.4, -0.2) is 73.9 Å². The molecular weight excluding hydrogens is 272 g/mol. The SMILES string of the molecule is COc1ccc(OCC(=O)N2CCN(CCO)CC2)cc1. The Morgan fingerprint density at radius 2 is 1.76 bits per heavy atom. The van der Waals surface area contributed by atoms with Crippen molar-refractivity contribution >= 4 is 5.91 Å². The van der Waals surface area contributed by atoms with Gasteiger partial charge < -0.3 is 19.5 Å². The molecule has 1 aliphatic rings. The molecular formula is C15H22N2O4. The fourth-order valence-electron chi connectivity index (χ4n) is 2.27. The van der Waals surface area contributed by atoms with E-state index >= 15 is 0 Å². The highest BCUT2D eigenvalue weighted by Crippen LogP contribution is 2.17. The van der Waals surface area contributed by atoms with E-state index in [1.807, 2.05) is 0 Å². The number of hydrogen-bond donors (Lipinski definition) is 1. The zero-order valence-corrected chi connectivity index (χ0v) is 12.3. The third-order valence-electron chi connectivity index (χ3n) is 3.56. The van der Waals surface area contributed by atoms with Crippen molar-refractivity contribution in [2.24, 2.45) is 0 Å². The standard InChI is InChI=1S/C15H22N2O4/c1-20-13-2-4-14(5-3-13)21-12-15(19)17-8-6-16(7-9-17)10-11-18/h2-5,18H,6-12H2,1H3. The summed E-state index contributed by atoms with van der Waals surface area (Å²) in [6.07, 6.45) is 0. The summed E-state index contributed by atoms with van der Waals surface area (Å²) < 4.78 is 10.6. The molecule has 0 saturated carbocycles. The Labute approximate surface area is 124 Å². The number of ether oxygens (including phenoxy) is 2. The Morgan fingerprint density at radius 3 is 2.33 bits per heavy atom. The normalized spacial score (nSPS) is 15.8. The molecule has 116 valence electrons. The Morgan fingerprint density at radius 1 is 1.14 bits per heavy atom. The topological polar surface area (TPSA) is 62.2 Å². The molecule has 1 aromatic carbocycles. The summed E-state index contributed by atoms with van der Waals surface area (Å²) in [6.45, 7) is 3.85. The van der Waals surface area contributed by atoms with Gasteiger partial charge in [-0.1, -0.05) is 0 Å². The summed E-state index contributed by atoms with van der Waals surface area (Å²) in [6, 6.07) is 7.16. The molecule has 6 heteroatoms. The van der Waals surface area contributed by atoms with E-state index < -0.39 is 0 Å². The Balaban J connectivity index is 1.74. The predicted molar refractivity (Wildman–Crippen MR) is 78.6 cm³/mol. The van der Waals surface area contributed by atoms with E-state index in [0.29, 0.717) is 25.4 Å². The fraction of sp³-hybridized carbons (Fsp3) is 0.533. The predicted octanol–water partition coefficient (Wildman–Crippen LogP) is 0.211. The minimum absolute atomic E-state index is 0.00512. The lowest BCUT2D eigenvalue weighted by molar-refractivity contribution is -0.135. The molecule has 1 saturated heterocycles. The number of piperazine rings is 1. The Kier molecular flexibility index (Phi) is 5.83. The number of benzene rings is 1. The lowest BCUT2D eigenvalue weighted by atomic mass is 10.3. The van der Waals surface area contributed by atoms with Crippen molar-refractivity contribution in [3.63, 3.8) is 0 Å². The van der Waals surface area contributed by atoms with Gasteiger partial charge in [0, 0.05) is 32.7 Å². The molecule has 1 aliphatic heterocycles. The third-order valence-corrected chi connectivity index (χ3v) is 3.56. The highest BCUT2D eigenvalue weighted by atomic mass is 16.5. The van der Waals surface area contributed by atoms with Crippen LogP contribution in [0.15, 0.2) is 24.3 Å². The van der Waals surface area contributed by atoms with Crippen LogP contribution in [0.5, 0.6) is 11.5 Å². The van der Waals surface area contributed by atoms with Crippen molar-refractivity contribution in [1.82, 2.24) is 9.80 Å². The van der Waals surface area contributed by atoms with Gasteiger partial charge in [0.05, 0.1) is 13.7 Å². The maximum atomic E-state index is 12.1. The van der Waals surface area contributed by atoms with Crippen molar-refractivity contribution in [2.75, 3.05) is 53.0 Å². The van der Waals surface area contributed by atoms with Gasteiger partial charge in [0.2, 0.25) is 0 Å². The van der Waals surface area contributed by atoms with E-state index in [4.69, 9.17) is 14.6 Å². The highest BCUT2D eigenvalue weighted by Gasteiger charge is 2.20. The maximum Gasteiger partial charge on any atom is 0.260 e. The third kappa shape index (κ3) is 4.61. The van der Waals surface area contributed by atoms with E-state index in [2.05, 4.69) is 4.90 Å². The molecule has 0 aromatic heterocycles. The highest BCUT2D eigenvalue weighted by molar-refractivity contribution is 5.77. The molecule has 2 rings (SSSR count). The first kappa shape index (κ1) is 15.6. The largest absolute Gasteiger partial charge is 0.497 e. The van der Waals surface area contributed by atoms with Crippen LogP contribution in [0.4, 0.5) is 0 Å². The van der Waals surface area contributed by atoms with Crippen molar-refractivity contribution in [1.29, 1.82) is 0 Å². The second-order valence-electron chi connectivity index (χ2n) is 4.91. The van der Waals surface area contributed by atoms with E-state index in [-0.39, 0.29) is 19.1 Å². The van der Waals surface area contributed by atoms with E-state index in [1.54, 1.807) is 36.3 Å². The number of aliphatic hydroxyl groups is 1. The van der Waals surface area contributed by atoms with Crippen LogP contribution in [-0.2, 0) is 4.79 Å². The molecule has 21 heavy (non-hydrogen) atoms. The molecule has 1 aromatic rings. The van der Waals surface area contributed by atoms with Crippen LogP contribution in [0, 0.1) is 0 Å². The number of β-amino-alcohol motifs (C(OH)–C–C–N with tert-alkyl or cyclic N) is 1. The molecule has 0 aliphatic carbocycles. The first-order chi connectivity index (χ1) is 10.2. The van der Waals surface area contributed by atoms with E-state index in [1.165, 1.54) is 0 Å². The number of rotatable bonds is 6. The second-order valence-corrected chi connectivity index (χ2v) is 4.91. The summed E-state index contributed by atoms with van der Waals surface area (Å²) in [5, 5.41) is 8.89. The van der Waals surface area contributed by atoms with Crippen LogP contribution < -0.4 is 9.47 Å². The maximum absolute atomic E-state index is 12.1. The summed E-state index contributed by atoms with van der Waals surface area (Å²) >= 11 is 0. The van der Waals surface area contributed by atoms with Crippen LogP contribution in [0.25, 0.3) is 0 Å². The molecule has 0 spiro atoms. The van der Waals surface area contributed by atoms with Gasteiger partial charge >= 0.3 is 0 Å². The van der Waals surface area contributed by atoms with E-state index in [0.717, 1.165) is 18.8 Å². The lowest BCUT2D eigenvalue weighted by Gasteiger charge is -2.34. The van der Waals surface area contributed by atoms with Crippen molar-refractivity contribution in [3.8, 4) is 11.5 Å². The van der Waals surface area contributed by atoms with Gasteiger partial charge in [0.25, 0.3) is 5.91 Å².